The van der Waals surface area contributed by atoms with Gasteiger partial charge in [0.25, 0.3) is 0 Å². The van der Waals surface area contributed by atoms with Crippen molar-refractivity contribution < 1.29 is 14.4 Å². The first-order valence-electron chi connectivity index (χ1n) is 4.69. The lowest BCUT2D eigenvalue weighted by molar-refractivity contribution is -0.148. The average Bonchev–Trinajstić information content (AvgIpc) is 2.24. The average molecular weight is 214 g/mol. The highest BCUT2D eigenvalue weighted by atomic mass is 16.2. The highest BCUT2D eigenvalue weighted by Crippen LogP contribution is 1.94. The third-order valence-electron chi connectivity index (χ3n) is 1.95. The highest BCUT2D eigenvalue weighted by molar-refractivity contribution is 6.35. The van der Waals surface area contributed by atoms with Crippen LogP contribution in [0.5, 0.6) is 0 Å². The van der Waals surface area contributed by atoms with E-state index in [1.165, 1.54) is 4.90 Å². The van der Waals surface area contributed by atoms with Crippen molar-refractivity contribution >= 4 is 17.7 Å². The Kier molecular flexibility index (Phi) is 4.04. The fourth-order valence-corrected chi connectivity index (χ4v) is 1.22. The molecule has 0 saturated carbocycles. The first kappa shape index (κ1) is 11.4. The zero-order chi connectivity index (χ0) is 11.3. The summed E-state index contributed by atoms with van der Waals surface area (Å²) in [5.74, 6) is -1.64. The number of nitrogens with one attached hydrogen (secondary N) is 2. The molecule has 1 saturated heterocycles. The molecule has 1 fully saturated rings. The van der Waals surface area contributed by atoms with E-state index in [9.17, 15) is 14.4 Å². The van der Waals surface area contributed by atoms with Gasteiger partial charge in [-0.15, -0.1) is 0 Å². The summed E-state index contributed by atoms with van der Waals surface area (Å²) >= 11 is 0. The van der Waals surface area contributed by atoms with Crippen molar-refractivity contribution in [1.29, 1.82) is 0 Å². The molecule has 0 aliphatic carbocycles. The molecule has 7 heteroatoms. The van der Waals surface area contributed by atoms with E-state index in [0.29, 0.717) is 13.1 Å². The van der Waals surface area contributed by atoms with Gasteiger partial charge in [0.1, 0.15) is 6.54 Å². The molecule has 0 bridgehead atoms. The summed E-state index contributed by atoms with van der Waals surface area (Å²) in [6.07, 6.45) is 0. The molecule has 7 nitrogen and oxygen atoms in total. The molecular formula is C8H14N4O3. The molecule has 0 unspecified atom stereocenters. The summed E-state index contributed by atoms with van der Waals surface area (Å²) in [4.78, 5) is 34.8. The molecule has 1 rings (SSSR count). The molecule has 1 aliphatic heterocycles. The molecule has 4 N–H and O–H groups in total. The normalized spacial score (nSPS) is 15.8. The Labute approximate surface area is 87.0 Å². The van der Waals surface area contributed by atoms with Crippen LogP contribution in [-0.2, 0) is 14.4 Å². The molecule has 1 aliphatic rings. The molecule has 0 radical (unpaired) electrons. The number of nitrogens with zero attached hydrogens (tertiary/aromatic N) is 1. The van der Waals surface area contributed by atoms with Gasteiger partial charge in [-0.25, -0.2) is 0 Å². The van der Waals surface area contributed by atoms with Crippen LogP contribution in [0.2, 0.25) is 0 Å². The van der Waals surface area contributed by atoms with E-state index < -0.39 is 11.8 Å². The predicted octanol–water partition coefficient (Wildman–Crippen LogP) is -2.98. The molecule has 0 spiro atoms. The minimum absolute atomic E-state index is 0.0606. The molecule has 3 amide bonds. The van der Waals surface area contributed by atoms with Crippen molar-refractivity contribution in [2.75, 3.05) is 32.7 Å². The first-order valence-corrected chi connectivity index (χ1v) is 4.69. The third kappa shape index (κ3) is 3.21. The minimum atomic E-state index is -0.713. The van der Waals surface area contributed by atoms with Crippen molar-refractivity contribution in [2.45, 2.75) is 0 Å². The van der Waals surface area contributed by atoms with E-state index in [4.69, 9.17) is 5.73 Å². The standard InChI is InChI=1S/C8H14N4O3/c9-1-2-11-7(14)8(15)12-4-3-10-6(13)5-12/h1-5,9H2,(H,10,13)(H,11,14). The second-order valence-electron chi connectivity index (χ2n) is 3.12. The summed E-state index contributed by atoms with van der Waals surface area (Å²) in [7, 11) is 0. The monoisotopic (exact) mass is 214 g/mol. The Hall–Kier alpha value is -1.63. The van der Waals surface area contributed by atoms with Crippen LogP contribution in [0.3, 0.4) is 0 Å². The fraction of sp³-hybridized carbons (Fsp3) is 0.625. The molecule has 15 heavy (non-hydrogen) atoms. The van der Waals surface area contributed by atoms with Crippen LogP contribution in [0.25, 0.3) is 0 Å². The summed E-state index contributed by atoms with van der Waals surface area (Å²) < 4.78 is 0. The molecule has 0 atom stereocenters. The molecule has 84 valence electrons. The smallest absolute Gasteiger partial charge is 0.312 e. The number of amides is 3. The quantitative estimate of drug-likeness (QED) is 0.426. The third-order valence-corrected chi connectivity index (χ3v) is 1.95. The number of nitrogens with two attached hydrogens (primary N) is 1. The van der Waals surface area contributed by atoms with Crippen LogP contribution in [0.1, 0.15) is 0 Å². The zero-order valence-electron chi connectivity index (χ0n) is 8.28. The minimum Gasteiger partial charge on any atom is -0.353 e. The van der Waals surface area contributed by atoms with Gasteiger partial charge in [-0.3, -0.25) is 14.4 Å². The maximum Gasteiger partial charge on any atom is 0.312 e. The lowest BCUT2D eigenvalue weighted by Gasteiger charge is -2.25. The number of hydrogen-bond acceptors (Lipinski definition) is 4. The highest BCUT2D eigenvalue weighted by Gasteiger charge is 2.25. The molecule has 0 aromatic heterocycles. The van der Waals surface area contributed by atoms with E-state index in [2.05, 4.69) is 10.6 Å². The number of carbonyl (C=O) groups excluding carboxylic acids is 3. The second-order valence-corrected chi connectivity index (χ2v) is 3.12. The lowest BCUT2D eigenvalue weighted by atomic mass is 10.3. The molecule has 0 aromatic carbocycles. The van der Waals surface area contributed by atoms with Gasteiger partial charge in [-0.05, 0) is 0 Å². The van der Waals surface area contributed by atoms with Gasteiger partial charge in [0, 0.05) is 26.2 Å². The number of piperazine rings is 1. The maximum atomic E-state index is 11.4. The van der Waals surface area contributed by atoms with Gasteiger partial charge < -0.3 is 21.3 Å². The lowest BCUT2D eigenvalue weighted by Crippen LogP contribution is -2.54. The Morgan fingerprint density at radius 1 is 1.53 bits per heavy atom. The van der Waals surface area contributed by atoms with E-state index in [0.717, 1.165) is 0 Å². The van der Waals surface area contributed by atoms with Crippen LogP contribution in [-0.4, -0.2) is 55.3 Å². The predicted molar refractivity (Wildman–Crippen MR) is 51.7 cm³/mol. The maximum absolute atomic E-state index is 11.4. The van der Waals surface area contributed by atoms with Gasteiger partial charge in [-0.2, -0.15) is 0 Å². The molecule has 0 aromatic rings. The Balaban J connectivity index is 2.44. The van der Waals surface area contributed by atoms with Gasteiger partial charge in [0.05, 0.1) is 0 Å². The number of rotatable bonds is 2. The van der Waals surface area contributed by atoms with Gasteiger partial charge in [0.15, 0.2) is 0 Å². The second kappa shape index (κ2) is 5.30. The van der Waals surface area contributed by atoms with Crippen LogP contribution in [0, 0.1) is 0 Å². The van der Waals surface area contributed by atoms with E-state index in [1.807, 2.05) is 0 Å². The molecular weight excluding hydrogens is 200 g/mol. The van der Waals surface area contributed by atoms with E-state index >= 15 is 0 Å². The molecule has 1 heterocycles. The Morgan fingerprint density at radius 3 is 2.87 bits per heavy atom. The van der Waals surface area contributed by atoms with E-state index in [1.54, 1.807) is 0 Å². The summed E-state index contributed by atoms with van der Waals surface area (Å²) in [5, 5.41) is 4.92. The summed E-state index contributed by atoms with van der Waals surface area (Å²) in [6.45, 7) is 1.22. The van der Waals surface area contributed by atoms with Crippen LogP contribution in [0.15, 0.2) is 0 Å². The zero-order valence-corrected chi connectivity index (χ0v) is 8.28. The van der Waals surface area contributed by atoms with Crippen molar-refractivity contribution in [3.05, 3.63) is 0 Å². The fourth-order valence-electron chi connectivity index (χ4n) is 1.22. The SMILES string of the molecule is NCCNC(=O)C(=O)N1CCNC(=O)C1. The van der Waals surface area contributed by atoms with Gasteiger partial charge in [0.2, 0.25) is 5.91 Å². The van der Waals surface area contributed by atoms with E-state index in [-0.39, 0.29) is 25.5 Å². The summed E-state index contributed by atoms with van der Waals surface area (Å²) in [6, 6.07) is 0. The first-order chi connectivity index (χ1) is 7.15. The van der Waals surface area contributed by atoms with Crippen LogP contribution in [0.4, 0.5) is 0 Å². The topological polar surface area (TPSA) is 105 Å². The van der Waals surface area contributed by atoms with Crippen molar-refractivity contribution in [3.63, 3.8) is 0 Å². The Bertz CT molecular complexity index is 279. The van der Waals surface area contributed by atoms with Gasteiger partial charge >= 0.3 is 11.8 Å². The number of carbonyl (C=O) groups is 3. The van der Waals surface area contributed by atoms with Crippen molar-refractivity contribution in [2.24, 2.45) is 5.73 Å². The number of hydrogen-bond donors (Lipinski definition) is 3. The van der Waals surface area contributed by atoms with Crippen LogP contribution < -0.4 is 16.4 Å². The largest absolute Gasteiger partial charge is 0.353 e. The van der Waals surface area contributed by atoms with Gasteiger partial charge in [-0.1, -0.05) is 0 Å². The van der Waals surface area contributed by atoms with Crippen molar-refractivity contribution in [3.8, 4) is 0 Å². The summed E-state index contributed by atoms with van der Waals surface area (Å²) in [5.41, 5.74) is 5.17. The Morgan fingerprint density at radius 2 is 2.27 bits per heavy atom. The van der Waals surface area contributed by atoms with Crippen molar-refractivity contribution in [1.82, 2.24) is 15.5 Å². The van der Waals surface area contributed by atoms with Crippen LogP contribution >= 0.6 is 0 Å².